The summed E-state index contributed by atoms with van der Waals surface area (Å²) >= 11 is 0. The highest BCUT2D eigenvalue weighted by atomic mass is 32.2. The van der Waals surface area contributed by atoms with Crippen LogP contribution in [0.5, 0.6) is 0 Å². The normalized spacial score (nSPS) is 11.2. The average Bonchev–Trinajstić information content (AvgIpc) is 2.67. The fourth-order valence-electron chi connectivity index (χ4n) is 2.51. The second-order valence-electron chi connectivity index (χ2n) is 5.63. The predicted octanol–water partition coefficient (Wildman–Crippen LogP) is 2.67. The number of methoxy groups -OCH3 is 1. The molecule has 0 radical (unpaired) electrons. The topological polar surface area (TPSA) is 75.7 Å². The number of hydrogen-bond acceptors (Lipinski definition) is 4. The lowest BCUT2D eigenvalue weighted by molar-refractivity contribution is 0.0948. The number of nitrogens with zero attached hydrogens (tertiary/aromatic N) is 1. The molecule has 2 aromatic rings. The molecule has 0 aliphatic rings. The van der Waals surface area contributed by atoms with Crippen LogP contribution in [0.4, 0.5) is 5.69 Å². The zero-order valence-electron chi connectivity index (χ0n) is 15.0. The maximum atomic E-state index is 12.8. The van der Waals surface area contributed by atoms with Crippen molar-refractivity contribution in [1.29, 1.82) is 0 Å². The van der Waals surface area contributed by atoms with Gasteiger partial charge in [-0.1, -0.05) is 18.2 Å². The smallest absolute Gasteiger partial charge is 0.264 e. The lowest BCUT2D eigenvalue weighted by Crippen LogP contribution is -2.31. The molecule has 2 aromatic carbocycles. The molecule has 2 rings (SSSR count). The summed E-state index contributed by atoms with van der Waals surface area (Å²) in [6, 6.07) is 14.8. The Labute approximate surface area is 154 Å². The molecule has 0 aromatic heterocycles. The minimum Gasteiger partial charge on any atom is -0.385 e. The van der Waals surface area contributed by atoms with Gasteiger partial charge in [-0.15, -0.1) is 0 Å². The molecule has 6 nitrogen and oxygen atoms in total. The van der Waals surface area contributed by atoms with E-state index in [1.165, 1.54) is 4.31 Å². The monoisotopic (exact) mass is 376 g/mol. The van der Waals surface area contributed by atoms with Crippen molar-refractivity contribution < 1.29 is 17.9 Å². The molecule has 0 saturated carbocycles. The highest BCUT2D eigenvalue weighted by Crippen LogP contribution is 2.23. The summed E-state index contributed by atoms with van der Waals surface area (Å²) in [4.78, 5) is 12.3. The zero-order chi connectivity index (χ0) is 19.0. The van der Waals surface area contributed by atoms with Gasteiger partial charge in [0.1, 0.15) is 0 Å². The first-order valence-electron chi connectivity index (χ1n) is 8.45. The number of amides is 1. The quantitative estimate of drug-likeness (QED) is 0.683. The molecule has 0 atom stereocenters. The molecule has 0 aliphatic carbocycles. The highest BCUT2D eigenvalue weighted by molar-refractivity contribution is 7.92. The molecular formula is C19H24N2O4S. The van der Waals surface area contributed by atoms with Crippen molar-refractivity contribution in [3.05, 3.63) is 60.2 Å². The number of sulfonamides is 1. The van der Waals surface area contributed by atoms with Crippen LogP contribution in [0.2, 0.25) is 0 Å². The zero-order valence-corrected chi connectivity index (χ0v) is 15.8. The molecule has 0 heterocycles. The van der Waals surface area contributed by atoms with Crippen molar-refractivity contribution in [2.24, 2.45) is 0 Å². The molecule has 0 aliphatic heterocycles. The van der Waals surface area contributed by atoms with E-state index in [0.717, 1.165) is 6.42 Å². The summed E-state index contributed by atoms with van der Waals surface area (Å²) in [6.45, 7) is 3.18. The van der Waals surface area contributed by atoms with Gasteiger partial charge in [-0.3, -0.25) is 9.10 Å². The second-order valence-corrected chi connectivity index (χ2v) is 7.49. The molecule has 7 heteroatoms. The van der Waals surface area contributed by atoms with Gasteiger partial charge in [0.25, 0.3) is 15.9 Å². The molecule has 0 spiro atoms. The SMILES string of the molecule is CCN(c1ccc(C(=O)NCCCOC)cc1)S(=O)(=O)c1ccccc1. The number of anilines is 1. The fraction of sp³-hybridized carbons (Fsp3) is 0.316. The van der Waals surface area contributed by atoms with Gasteiger partial charge in [-0.05, 0) is 49.7 Å². The Morgan fingerprint density at radius 1 is 1.08 bits per heavy atom. The third-order valence-electron chi connectivity index (χ3n) is 3.85. The average molecular weight is 376 g/mol. The van der Waals surface area contributed by atoms with Crippen LogP contribution >= 0.6 is 0 Å². The van der Waals surface area contributed by atoms with Crippen LogP contribution in [0.3, 0.4) is 0 Å². The Kier molecular flexibility index (Phi) is 7.17. The summed E-state index contributed by atoms with van der Waals surface area (Å²) in [5.74, 6) is -0.193. The van der Waals surface area contributed by atoms with E-state index in [2.05, 4.69) is 5.32 Å². The Morgan fingerprint density at radius 2 is 1.73 bits per heavy atom. The first-order chi connectivity index (χ1) is 12.5. The molecule has 1 amide bonds. The van der Waals surface area contributed by atoms with Gasteiger partial charge >= 0.3 is 0 Å². The largest absolute Gasteiger partial charge is 0.385 e. The van der Waals surface area contributed by atoms with Gasteiger partial charge in [-0.2, -0.15) is 0 Å². The van der Waals surface area contributed by atoms with Gasteiger partial charge < -0.3 is 10.1 Å². The van der Waals surface area contributed by atoms with Crippen molar-refractivity contribution in [3.8, 4) is 0 Å². The van der Waals surface area contributed by atoms with Crippen LogP contribution in [-0.2, 0) is 14.8 Å². The van der Waals surface area contributed by atoms with Crippen molar-refractivity contribution >= 4 is 21.6 Å². The minimum absolute atomic E-state index is 0.193. The van der Waals surface area contributed by atoms with E-state index in [1.807, 2.05) is 0 Å². The number of benzene rings is 2. The summed E-state index contributed by atoms with van der Waals surface area (Å²) < 4.78 is 31.9. The highest BCUT2D eigenvalue weighted by Gasteiger charge is 2.23. The second kappa shape index (κ2) is 9.35. The third-order valence-corrected chi connectivity index (χ3v) is 5.76. The van der Waals surface area contributed by atoms with Crippen LogP contribution in [0.25, 0.3) is 0 Å². The Bertz CT molecular complexity index is 805. The van der Waals surface area contributed by atoms with E-state index in [0.29, 0.717) is 30.9 Å². The van der Waals surface area contributed by atoms with Crippen molar-refractivity contribution in [1.82, 2.24) is 5.32 Å². The molecule has 0 saturated heterocycles. The maximum absolute atomic E-state index is 12.8. The third kappa shape index (κ3) is 4.83. The molecule has 0 unspecified atom stereocenters. The van der Waals surface area contributed by atoms with Gasteiger partial charge in [-0.25, -0.2) is 8.42 Å². The Balaban J connectivity index is 2.14. The lowest BCUT2D eigenvalue weighted by atomic mass is 10.2. The molecule has 26 heavy (non-hydrogen) atoms. The minimum atomic E-state index is -3.64. The van der Waals surface area contributed by atoms with Crippen molar-refractivity contribution in [3.63, 3.8) is 0 Å². The van der Waals surface area contributed by atoms with Crippen LogP contribution in [0.15, 0.2) is 59.5 Å². The van der Waals surface area contributed by atoms with E-state index in [9.17, 15) is 13.2 Å². The Hall–Kier alpha value is -2.38. The number of ether oxygens (including phenoxy) is 1. The number of hydrogen-bond donors (Lipinski definition) is 1. The maximum Gasteiger partial charge on any atom is 0.264 e. The number of carbonyl (C=O) groups is 1. The standard InChI is InChI=1S/C19H24N2O4S/c1-3-21(26(23,24)18-8-5-4-6-9-18)17-12-10-16(11-13-17)19(22)20-14-7-15-25-2/h4-6,8-13H,3,7,14-15H2,1-2H3,(H,20,22). The number of rotatable bonds is 9. The molecule has 0 bridgehead atoms. The fourth-order valence-corrected chi connectivity index (χ4v) is 4.01. The summed E-state index contributed by atoms with van der Waals surface area (Å²) in [5, 5.41) is 2.80. The summed E-state index contributed by atoms with van der Waals surface area (Å²) in [7, 11) is -2.02. The van der Waals surface area contributed by atoms with Gasteiger partial charge in [0.05, 0.1) is 10.6 Å². The van der Waals surface area contributed by atoms with E-state index in [-0.39, 0.29) is 10.8 Å². The van der Waals surface area contributed by atoms with Gasteiger partial charge in [0.15, 0.2) is 0 Å². The molecule has 140 valence electrons. The van der Waals surface area contributed by atoms with Crippen molar-refractivity contribution in [2.45, 2.75) is 18.2 Å². The first kappa shape index (κ1) is 19.9. The summed E-state index contributed by atoms with van der Waals surface area (Å²) in [5.41, 5.74) is 1.01. The van der Waals surface area contributed by atoms with E-state index < -0.39 is 10.0 Å². The molecular weight excluding hydrogens is 352 g/mol. The first-order valence-corrected chi connectivity index (χ1v) is 9.89. The Morgan fingerprint density at radius 3 is 2.31 bits per heavy atom. The van der Waals surface area contributed by atoms with E-state index in [4.69, 9.17) is 4.74 Å². The van der Waals surface area contributed by atoms with Crippen LogP contribution in [0, 0.1) is 0 Å². The van der Waals surface area contributed by atoms with E-state index >= 15 is 0 Å². The van der Waals surface area contributed by atoms with Gasteiger partial charge in [0.2, 0.25) is 0 Å². The van der Waals surface area contributed by atoms with Crippen LogP contribution in [-0.4, -0.2) is 41.1 Å². The molecule has 1 N–H and O–H groups in total. The van der Waals surface area contributed by atoms with Gasteiger partial charge in [0, 0.05) is 32.4 Å². The molecule has 0 fully saturated rings. The summed E-state index contributed by atoms with van der Waals surface area (Å²) in [6.07, 6.45) is 0.735. The predicted molar refractivity (Wildman–Crippen MR) is 102 cm³/mol. The number of nitrogens with one attached hydrogen (secondary N) is 1. The van der Waals surface area contributed by atoms with Crippen LogP contribution < -0.4 is 9.62 Å². The van der Waals surface area contributed by atoms with E-state index in [1.54, 1.807) is 68.6 Å². The van der Waals surface area contributed by atoms with Crippen LogP contribution in [0.1, 0.15) is 23.7 Å². The number of carbonyl (C=O) groups excluding carboxylic acids is 1. The lowest BCUT2D eigenvalue weighted by Gasteiger charge is -2.23. The van der Waals surface area contributed by atoms with Crippen molar-refractivity contribution in [2.75, 3.05) is 31.1 Å².